The van der Waals surface area contributed by atoms with Gasteiger partial charge in [0.25, 0.3) is 0 Å². The monoisotopic (exact) mass is 452 g/mol. The van der Waals surface area contributed by atoms with Crippen LogP contribution in [0.15, 0.2) is 54.6 Å². The van der Waals surface area contributed by atoms with Crippen LogP contribution in [0.3, 0.4) is 0 Å². The van der Waals surface area contributed by atoms with E-state index in [0.29, 0.717) is 25.1 Å². The van der Waals surface area contributed by atoms with Crippen molar-refractivity contribution in [2.75, 3.05) is 20.1 Å². The van der Waals surface area contributed by atoms with Gasteiger partial charge in [0.05, 0.1) is 0 Å². The second kappa shape index (κ2) is 10.3. The van der Waals surface area contributed by atoms with Crippen molar-refractivity contribution < 1.29 is 18.4 Å². The Morgan fingerprint density at radius 1 is 1.06 bits per heavy atom. The summed E-state index contributed by atoms with van der Waals surface area (Å²) in [6.07, 6.45) is 7.04. The second-order valence-corrected chi connectivity index (χ2v) is 9.14. The van der Waals surface area contributed by atoms with Gasteiger partial charge in [0.1, 0.15) is 11.6 Å². The molecule has 0 radical (unpaired) electrons. The molecule has 2 amide bonds. The van der Waals surface area contributed by atoms with E-state index in [9.17, 15) is 18.4 Å². The van der Waals surface area contributed by atoms with E-state index in [0.717, 1.165) is 37.3 Å². The van der Waals surface area contributed by atoms with Crippen LogP contribution >= 0.6 is 0 Å². The highest BCUT2D eigenvalue weighted by Crippen LogP contribution is 2.34. The van der Waals surface area contributed by atoms with Gasteiger partial charge in [-0.2, -0.15) is 0 Å². The number of rotatable bonds is 7. The molecule has 2 aromatic carbocycles. The van der Waals surface area contributed by atoms with Crippen molar-refractivity contribution in [1.29, 1.82) is 0 Å². The molecule has 0 N–H and O–H groups in total. The summed E-state index contributed by atoms with van der Waals surface area (Å²) in [4.78, 5) is 29.1. The molecule has 4 rings (SSSR count). The minimum absolute atomic E-state index is 0.0270. The zero-order chi connectivity index (χ0) is 23.4. The Kier molecular flexibility index (Phi) is 7.21. The molecular formula is C27H30F2N2O2. The fourth-order valence-electron chi connectivity index (χ4n) is 4.66. The summed E-state index contributed by atoms with van der Waals surface area (Å²) in [5.41, 5.74) is 1.39. The molecule has 174 valence electrons. The lowest BCUT2D eigenvalue weighted by Gasteiger charge is -2.40. The SMILES string of the molecule is CN(C(=O)C1CC1)C(Cc1ccc(F)cc1F)C1CCN(C(=O)C=Cc2ccccc2)CC1. The summed E-state index contributed by atoms with van der Waals surface area (Å²) in [6, 6.07) is 13.1. The van der Waals surface area contributed by atoms with Crippen molar-refractivity contribution in [2.45, 2.75) is 38.1 Å². The number of likely N-dealkylation sites (tertiary alicyclic amines) is 1. The fraction of sp³-hybridized carbons (Fsp3) is 0.407. The Hall–Kier alpha value is -3.02. The first-order chi connectivity index (χ1) is 15.9. The molecule has 0 spiro atoms. The highest BCUT2D eigenvalue weighted by Gasteiger charge is 2.38. The molecule has 2 fully saturated rings. The smallest absolute Gasteiger partial charge is 0.246 e. The Balaban J connectivity index is 1.42. The summed E-state index contributed by atoms with van der Waals surface area (Å²) in [5, 5.41) is 0. The summed E-state index contributed by atoms with van der Waals surface area (Å²) >= 11 is 0. The molecule has 1 heterocycles. The van der Waals surface area contributed by atoms with Crippen LogP contribution in [0.2, 0.25) is 0 Å². The number of carbonyl (C=O) groups is 2. The van der Waals surface area contributed by atoms with Gasteiger partial charge >= 0.3 is 0 Å². The molecule has 1 aliphatic carbocycles. The largest absolute Gasteiger partial charge is 0.342 e. The van der Waals surface area contributed by atoms with Gasteiger partial charge in [-0.15, -0.1) is 0 Å². The molecule has 1 atom stereocenters. The van der Waals surface area contributed by atoms with Gasteiger partial charge in [-0.1, -0.05) is 36.4 Å². The van der Waals surface area contributed by atoms with Crippen LogP contribution in [0.5, 0.6) is 0 Å². The Bertz CT molecular complexity index is 1010. The summed E-state index contributed by atoms with van der Waals surface area (Å²) in [7, 11) is 1.80. The van der Waals surface area contributed by atoms with Gasteiger partial charge in [0, 0.05) is 44.2 Å². The normalized spacial score (nSPS) is 17.8. The first-order valence-electron chi connectivity index (χ1n) is 11.6. The molecule has 1 saturated carbocycles. The van der Waals surface area contributed by atoms with Crippen molar-refractivity contribution >= 4 is 17.9 Å². The number of carbonyl (C=O) groups excluding carboxylic acids is 2. The fourth-order valence-corrected chi connectivity index (χ4v) is 4.66. The maximum Gasteiger partial charge on any atom is 0.246 e. The predicted octanol–water partition coefficient (Wildman–Crippen LogP) is 4.70. The molecule has 1 unspecified atom stereocenters. The average Bonchev–Trinajstić information content (AvgIpc) is 3.68. The Morgan fingerprint density at radius 3 is 2.39 bits per heavy atom. The van der Waals surface area contributed by atoms with Crippen LogP contribution in [-0.2, 0) is 16.0 Å². The summed E-state index contributed by atoms with van der Waals surface area (Å²) in [5.74, 6) is -0.895. The molecule has 1 aliphatic heterocycles. The molecule has 6 heteroatoms. The third-order valence-electron chi connectivity index (χ3n) is 6.83. The highest BCUT2D eigenvalue weighted by atomic mass is 19.1. The van der Waals surface area contributed by atoms with Gasteiger partial charge in [0.2, 0.25) is 11.8 Å². The highest BCUT2D eigenvalue weighted by molar-refractivity contribution is 5.91. The summed E-state index contributed by atoms with van der Waals surface area (Å²) in [6.45, 7) is 1.19. The van der Waals surface area contributed by atoms with Gasteiger partial charge in [0.15, 0.2) is 0 Å². The number of hydrogen-bond donors (Lipinski definition) is 0. The van der Waals surface area contributed by atoms with E-state index in [2.05, 4.69) is 0 Å². The van der Waals surface area contributed by atoms with E-state index in [1.165, 1.54) is 12.1 Å². The van der Waals surface area contributed by atoms with Crippen LogP contribution in [0.1, 0.15) is 36.8 Å². The molecule has 2 aromatic rings. The molecule has 2 aliphatic rings. The van der Waals surface area contributed by atoms with Crippen LogP contribution in [0, 0.1) is 23.5 Å². The number of piperidine rings is 1. The Labute approximate surface area is 193 Å². The van der Waals surface area contributed by atoms with Gasteiger partial charge in [-0.05, 0) is 61.3 Å². The van der Waals surface area contributed by atoms with E-state index >= 15 is 0 Å². The van der Waals surface area contributed by atoms with Gasteiger partial charge in [-0.25, -0.2) is 8.78 Å². The number of hydrogen-bond acceptors (Lipinski definition) is 2. The zero-order valence-corrected chi connectivity index (χ0v) is 18.9. The predicted molar refractivity (Wildman–Crippen MR) is 124 cm³/mol. The first kappa shape index (κ1) is 23.1. The van der Waals surface area contributed by atoms with Crippen molar-refractivity contribution in [3.05, 3.63) is 77.4 Å². The van der Waals surface area contributed by atoms with Crippen LogP contribution in [0.4, 0.5) is 8.78 Å². The third-order valence-corrected chi connectivity index (χ3v) is 6.83. The van der Waals surface area contributed by atoms with Crippen LogP contribution in [-0.4, -0.2) is 47.8 Å². The topological polar surface area (TPSA) is 40.6 Å². The van der Waals surface area contributed by atoms with E-state index < -0.39 is 11.6 Å². The van der Waals surface area contributed by atoms with Crippen LogP contribution < -0.4 is 0 Å². The van der Waals surface area contributed by atoms with E-state index in [4.69, 9.17) is 0 Å². The number of likely N-dealkylation sites (N-methyl/N-ethyl adjacent to an activating group) is 1. The van der Waals surface area contributed by atoms with E-state index in [1.54, 1.807) is 18.0 Å². The van der Waals surface area contributed by atoms with Crippen LogP contribution in [0.25, 0.3) is 6.08 Å². The molecule has 33 heavy (non-hydrogen) atoms. The molecule has 0 bridgehead atoms. The molecule has 1 saturated heterocycles. The lowest BCUT2D eigenvalue weighted by Crippen LogP contribution is -2.48. The lowest BCUT2D eigenvalue weighted by atomic mass is 9.84. The van der Waals surface area contributed by atoms with Crippen molar-refractivity contribution in [2.24, 2.45) is 11.8 Å². The number of benzene rings is 2. The Morgan fingerprint density at radius 2 is 1.76 bits per heavy atom. The van der Waals surface area contributed by atoms with Crippen molar-refractivity contribution in [3.8, 4) is 0 Å². The second-order valence-electron chi connectivity index (χ2n) is 9.14. The van der Waals surface area contributed by atoms with E-state index in [1.807, 2.05) is 41.3 Å². The molecular weight excluding hydrogens is 422 g/mol. The lowest BCUT2D eigenvalue weighted by molar-refractivity contribution is -0.136. The quantitative estimate of drug-likeness (QED) is 0.572. The van der Waals surface area contributed by atoms with Gasteiger partial charge < -0.3 is 9.80 Å². The molecule has 4 nitrogen and oxygen atoms in total. The number of nitrogens with zero attached hydrogens (tertiary/aromatic N) is 2. The number of amides is 2. The maximum absolute atomic E-state index is 14.4. The zero-order valence-electron chi connectivity index (χ0n) is 18.9. The van der Waals surface area contributed by atoms with Crippen molar-refractivity contribution in [1.82, 2.24) is 9.80 Å². The van der Waals surface area contributed by atoms with E-state index in [-0.39, 0.29) is 29.7 Å². The maximum atomic E-state index is 14.4. The van der Waals surface area contributed by atoms with Gasteiger partial charge in [-0.3, -0.25) is 9.59 Å². The average molecular weight is 453 g/mol. The summed E-state index contributed by atoms with van der Waals surface area (Å²) < 4.78 is 27.8. The third kappa shape index (κ3) is 5.86. The first-order valence-corrected chi connectivity index (χ1v) is 11.6. The minimum atomic E-state index is -0.606. The standard InChI is InChI=1S/C27H30F2N2O2/c1-30(27(33)21-8-9-21)25(17-22-10-11-23(28)18-24(22)29)20-13-15-31(16-14-20)26(32)12-7-19-5-3-2-4-6-19/h2-7,10-12,18,20-21,25H,8-9,13-17H2,1H3. The number of halogens is 2. The molecule has 0 aromatic heterocycles. The van der Waals surface area contributed by atoms with Crippen molar-refractivity contribution in [3.63, 3.8) is 0 Å². The minimum Gasteiger partial charge on any atom is -0.342 e.